The van der Waals surface area contributed by atoms with Crippen LogP contribution in [-0.2, 0) is 12.7 Å². The highest BCUT2D eigenvalue weighted by Crippen LogP contribution is 2.35. The third-order valence-corrected chi connectivity index (χ3v) is 4.65. The molecular weight excluding hydrogens is 373 g/mol. The predicted molar refractivity (Wildman–Crippen MR) is 103 cm³/mol. The number of benzene rings is 2. The molecule has 0 spiro atoms. The van der Waals surface area contributed by atoms with E-state index in [1.807, 2.05) is 42.9 Å². The van der Waals surface area contributed by atoms with Crippen molar-refractivity contribution in [2.75, 3.05) is 12.4 Å². The molecule has 4 nitrogen and oxygen atoms in total. The van der Waals surface area contributed by atoms with Crippen molar-refractivity contribution in [3.63, 3.8) is 0 Å². The van der Waals surface area contributed by atoms with Crippen molar-refractivity contribution in [3.05, 3.63) is 60.6 Å². The Hall–Kier alpha value is -2.45. The summed E-state index contributed by atoms with van der Waals surface area (Å²) >= 11 is 1.46. The van der Waals surface area contributed by atoms with Gasteiger partial charge in [-0.1, -0.05) is 6.07 Å². The van der Waals surface area contributed by atoms with Crippen molar-refractivity contribution >= 4 is 23.3 Å². The molecule has 142 valence electrons. The first-order valence-electron chi connectivity index (χ1n) is 8.34. The van der Waals surface area contributed by atoms with Gasteiger partial charge < -0.3 is 9.88 Å². The second-order valence-corrected chi connectivity index (χ2v) is 6.89. The summed E-state index contributed by atoms with van der Waals surface area (Å²) in [7, 11) is 1.82. The van der Waals surface area contributed by atoms with Crippen molar-refractivity contribution in [3.8, 4) is 11.3 Å². The number of imidazole rings is 1. The monoisotopic (exact) mass is 392 g/mol. The molecule has 0 radical (unpaired) electrons. The van der Waals surface area contributed by atoms with Gasteiger partial charge in [0.1, 0.15) is 0 Å². The lowest BCUT2D eigenvalue weighted by Crippen LogP contribution is -2.05. The van der Waals surface area contributed by atoms with Crippen molar-refractivity contribution in [1.29, 1.82) is 0 Å². The van der Waals surface area contributed by atoms with Gasteiger partial charge in [0.25, 0.3) is 0 Å². The second-order valence-electron chi connectivity index (χ2n) is 5.81. The van der Waals surface area contributed by atoms with Gasteiger partial charge in [0.2, 0.25) is 0 Å². The topological polar surface area (TPSA) is 41.9 Å². The average Bonchev–Trinajstić information content (AvgIpc) is 3.12. The number of anilines is 2. The van der Waals surface area contributed by atoms with Crippen LogP contribution in [0.5, 0.6) is 0 Å². The van der Waals surface area contributed by atoms with E-state index in [9.17, 15) is 13.2 Å². The molecule has 0 aliphatic carbocycles. The van der Waals surface area contributed by atoms with Crippen LogP contribution >= 0.6 is 11.9 Å². The number of hydrogen-bond donors (Lipinski definition) is 2. The average molecular weight is 392 g/mol. The molecule has 0 aliphatic heterocycles. The second kappa shape index (κ2) is 8.06. The van der Waals surface area contributed by atoms with Gasteiger partial charge in [-0.05, 0) is 62.3 Å². The molecule has 3 aromatic rings. The summed E-state index contributed by atoms with van der Waals surface area (Å²) in [5.41, 5.74) is 1.95. The molecule has 8 heteroatoms. The molecule has 0 atom stereocenters. The molecule has 0 aliphatic rings. The van der Waals surface area contributed by atoms with E-state index in [-0.39, 0.29) is 0 Å². The number of aryl methyl sites for hydroxylation is 1. The molecule has 3 rings (SSSR count). The fraction of sp³-hybridized carbons (Fsp3) is 0.211. The summed E-state index contributed by atoms with van der Waals surface area (Å²) in [5.74, 6) is 0. The van der Waals surface area contributed by atoms with E-state index in [0.717, 1.165) is 34.8 Å². The Balaban J connectivity index is 1.99. The molecule has 0 unspecified atom stereocenters. The molecular formula is C19H19F3N4S. The fourth-order valence-electron chi connectivity index (χ4n) is 2.63. The smallest absolute Gasteiger partial charge is 0.355 e. The van der Waals surface area contributed by atoms with Gasteiger partial charge >= 0.3 is 6.18 Å². The summed E-state index contributed by atoms with van der Waals surface area (Å²) < 4.78 is 43.9. The standard InChI is InChI=1S/C19H19F3N4S/c1-3-26-11-18(24-12-26)16-10-15(27-23-2)7-8-17(16)25-14-6-4-5-13(9-14)19(20,21)22/h4-12,23,25H,3H2,1-2H3. The van der Waals surface area contributed by atoms with Crippen LogP contribution in [-0.4, -0.2) is 16.6 Å². The van der Waals surface area contributed by atoms with E-state index in [1.165, 1.54) is 18.0 Å². The molecule has 2 aromatic carbocycles. The van der Waals surface area contributed by atoms with Gasteiger partial charge in [-0.25, -0.2) is 4.98 Å². The van der Waals surface area contributed by atoms with Crippen LogP contribution < -0.4 is 10.0 Å². The number of halogens is 3. The third-order valence-electron chi connectivity index (χ3n) is 3.95. The van der Waals surface area contributed by atoms with Gasteiger partial charge in [0.05, 0.1) is 17.6 Å². The Morgan fingerprint density at radius 3 is 2.63 bits per heavy atom. The molecule has 2 N–H and O–H groups in total. The highest BCUT2D eigenvalue weighted by Gasteiger charge is 2.30. The zero-order chi connectivity index (χ0) is 19.4. The molecule has 0 saturated heterocycles. The van der Waals surface area contributed by atoms with E-state index < -0.39 is 11.7 Å². The Kier molecular flexibility index (Phi) is 5.76. The Morgan fingerprint density at radius 1 is 1.15 bits per heavy atom. The number of aromatic nitrogens is 2. The first-order chi connectivity index (χ1) is 12.9. The minimum atomic E-state index is -4.38. The van der Waals surface area contributed by atoms with Gasteiger partial charge in [0, 0.05) is 34.6 Å². The van der Waals surface area contributed by atoms with Gasteiger partial charge in [0.15, 0.2) is 0 Å². The Morgan fingerprint density at radius 2 is 1.96 bits per heavy atom. The normalized spacial score (nSPS) is 11.6. The van der Waals surface area contributed by atoms with Crippen LogP contribution in [0.25, 0.3) is 11.3 Å². The van der Waals surface area contributed by atoms with Crippen LogP contribution in [0.3, 0.4) is 0 Å². The minimum Gasteiger partial charge on any atom is -0.355 e. The highest BCUT2D eigenvalue weighted by atomic mass is 32.2. The predicted octanol–water partition coefficient (Wildman–Crippen LogP) is 5.56. The Bertz CT molecular complexity index is 921. The summed E-state index contributed by atoms with van der Waals surface area (Å²) in [6.07, 6.45) is -0.727. The lowest BCUT2D eigenvalue weighted by atomic mass is 10.1. The zero-order valence-corrected chi connectivity index (χ0v) is 15.7. The molecule has 1 aromatic heterocycles. The number of nitrogens with zero attached hydrogens (tertiary/aromatic N) is 2. The van der Waals surface area contributed by atoms with Crippen molar-refractivity contribution < 1.29 is 13.2 Å². The SMILES string of the molecule is CCn1cnc(-c2cc(SNC)ccc2Nc2cccc(C(F)(F)F)c2)c1. The summed E-state index contributed by atoms with van der Waals surface area (Å²) in [6.45, 7) is 2.80. The number of alkyl halides is 3. The first kappa shape index (κ1) is 19.3. The van der Waals surface area contributed by atoms with Crippen molar-refractivity contribution in [2.24, 2.45) is 0 Å². The summed E-state index contributed by atoms with van der Waals surface area (Å²) in [4.78, 5) is 5.41. The van der Waals surface area contributed by atoms with E-state index in [2.05, 4.69) is 15.0 Å². The molecule has 0 saturated carbocycles. The van der Waals surface area contributed by atoms with E-state index in [4.69, 9.17) is 0 Å². The first-order valence-corrected chi connectivity index (χ1v) is 9.16. The molecule has 0 amide bonds. The lowest BCUT2D eigenvalue weighted by molar-refractivity contribution is -0.137. The van der Waals surface area contributed by atoms with E-state index in [0.29, 0.717) is 11.4 Å². The zero-order valence-electron chi connectivity index (χ0n) is 14.8. The van der Waals surface area contributed by atoms with E-state index in [1.54, 1.807) is 12.4 Å². The maximum Gasteiger partial charge on any atom is 0.416 e. The quantitative estimate of drug-likeness (QED) is 0.539. The van der Waals surface area contributed by atoms with Crippen LogP contribution in [0.1, 0.15) is 12.5 Å². The van der Waals surface area contributed by atoms with Crippen LogP contribution in [0.15, 0.2) is 59.9 Å². The third kappa shape index (κ3) is 4.64. The Labute approximate surface area is 159 Å². The van der Waals surface area contributed by atoms with Gasteiger partial charge in [-0.15, -0.1) is 0 Å². The van der Waals surface area contributed by atoms with Gasteiger partial charge in [-0.2, -0.15) is 13.2 Å². The number of nitrogens with one attached hydrogen (secondary N) is 2. The van der Waals surface area contributed by atoms with Gasteiger partial charge in [-0.3, -0.25) is 4.72 Å². The summed E-state index contributed by atoms with van der Waals surface area (Å²) in [5, 5.41) is 3.10. The molecule has 27 heavy (non-hydrogen) atoms. The fourth-order valence-corrected chi connectivity index (χ4v) is 3.18. The molecule has 0 fully saturated rings. The van der Waals surface area contributed by atoms with Crippen LogP contribution in [0.4, 0.5) is 24.5 Å². The number of hydrogen-bond acceptors (Lipinski definition) is 4. The minimum absolute atomic E-state index is 0.370. The molecule has 0 bridgehead atoms. The highest BCUT2D eigenvalue weighted by molar-refractivity contribution is 7.97. The van der Waals surface area contributed by atoms with Crippen molar-refractivity contribution in [1.82, 2.24) is 14.3 Å². The summed E-state index contributed by atoms with van der Waals surface area (Å²) in [6, 6.07) is 10.9. The number of rotatable bonds is 6. The maximum atomic E-state index is 13.0. The largest absolute Gasteiger partial charge is 0.416 e. The molecule has 1 heterocycles. The lowest BCUT2D eigenvalue weighted by Gasteiger charge is -2.14. The van der Waals surface area contributed by atoms with E-state index >= 15 is 0 Å². The van der Waals surface area contributed by atoms with Crippen LogP contribution in [0.2, 0.25) is 0 Å². The van der Waals surface area contributed by atoms with Crippen molar-refractivity contribution in [2.45, 2.75) is 24.5 Å². The van der Waals surface area contributed by atoms with Crippen LogP contribution in [0, 0.1) is 0 Å². The maximum absolute atomic E-state index is 13.0.